The third-order valence-corrected chi connectivity index (χ3v) is 2.00. The zero-order valence-corrected chi connectivity index (χ0v) is 9.49. The summed E-state index contributed by atoms with van der Waals surface area (Å²) in [6.07, 6.45) is 0.272. The molecule has 1 rings (SSSR count). The highest BCUT2D eigenvalue weighted by atomic mass is 16.2. The van der Waals surface area contributed by atoms with E-state index in [1.807, 2.05) is 30.3 Å². The van der Waals surface area contributed by atoms with Crippen molar-refractivity contribution in [2.45, 2.75) is 26.3 Å². The Kier molecular flexibility index (Phi) is 4.51. The molecule has 0 aliphatic rings. The number of anilines is 1. The molecular formula is C12H16N2O2. The van der Waals surface area contributed by atoms with E-state index in [2.05, 4.69) is 10.6 Å². The van der Waals surface area contributed by atoms with Crippen LogP contribution in [-0.2, 0) is 9.59 Å². The van der Waals surface area contributed by atoms with Crippen LogP contribution in [0.2, 0.25) is 0 Å². The van der Waals surface area contributed by atoms with E-state index in [1.54, 1.807) is 6.92 Å². The summed E-state index contributed by atoms with van der Waals surface area (Å²) >= 11 is 0. The standard InChI is InChI=1S/C12H16N2O2/c1-9(13-10(2)15)8-12(16)14-11-6-4-3-5-7-11/h3-7,9H,8H2,1-2H3,(H,13,15)(H,14,16). The molecule has 16 heavy (non-hydrogen) atoms. The van der Waals surface area contributed by atoms with Gasteiger partial charge in [-0.2, -0.15) is 0 Å². The molecule has 0 aromatic heterocycles. The first-order valence-corrected chi connectivity index (χ1v) is 5.20. The van der Waals surface area contributed by atoms with Gasteiger partial charge < -0.3 is 10.6 Å². The second-order valence-corrected chi connectivity index (χ2v) is 3.72. The van der Waals surface area contributed by atoms with Gasteiger partial charge in [0.25, 0.3) is 0 Å². The van der Waals surface area contributed by atoms with E-state index >= 15 is 0 Å². The predicted molar refractivity (Wildman–Crippen MR) is 63.0 cm³/mol. The fourth-order valence-corrected chi connectivity index (χ4v) is 1.41. The molecule has 1 aromatic rings. The van der Waals surface area contributed by atoms with Crippen molar-refractivity contribution in [3.63, 3.8) is 0 Å². The first kappa shape index (κ1) is 12.2. The quantitative estimate of drug-likeness (QED) is 0.808. The van der Waals surface area contributed by atoms with Gasteiger partial charge in [0.05, 0.1) is 0 Å². The van der Waals surface area contributed by atoms with Crippen molar-refractivity contribution >= 4 is 17.5 Å². The molecule has 0 radical (unpaired) electrons. The minimum absolute atomic E-state index is 0.104. The molecular weight excluding hydrogens is 204 g/mol. The van der Waals surface area contributed by atoms with Gasteiger partial charge in [0.2, 0.25) is 11.8 Å². The van der Waals surface area contributed by atoms with Crippen LogP contribution in [-0.4, -0.2) is 17.9 Å². The monoisotopic (exact) mass is 220 g/mol. The molecule has 86 valence electrons. The van der Waals surface area contributed by atoms with Gasteiger partial charge in [-0.3, -0.25) is 9.59 Å². The lowest BCUT2D eigenvalue weighted by Gasteiger charge is -2.12. The summed E-state index contributed by atoms with van der Waals surface area (Å²) in [5.41, 5.74) is 0.766. The van der Waals surface area contributed by atoms with Crippen LogP contribution in [0.4, 0.5) is 5.69 Å². The van der Waals surface area contributed by atoms with E-state index in [9.17, 15) is 9.59 Å². The molecule has 0 saturated heterocycles. The van der Waals surface area contributed by atoms with Gasteiger partial charge in [-0.25, -0.2) is 0 Å². The van der Waals surface area contributed by atoms with E-state index in [4.69, 9.17) is 0 Å². The maximum atomic E-state index is 11.5. The van der Waals surface area contributed by atoms with E-state index in [-0.39, 0.29) is 24.3 Å². The largest absolute Gasteiger partial charge is 0.353 e. The SMILES string of the molecule is CC(=O)NC(C)CC(=O)Nc1ccccc1. The van der Waals surface area contributed by atoms with Gasteiger partial charge in [0.1, 0.15) is 0 Å². The summed E-state index contributed by atoms with van der Waals surface area (Å²) in [6, 6.07) is 9.08. The molecule has 0 aliphatic carbocycles. The predicted octanol–water partition coefficient (Wildman–Crippen LogP) is 1.54. The lowest BCUT2D eigenvalue weighted by Crippen LogP contribution is -2.33. The van der Waals surface area contributed by atoms with Crippen molar-refractivity contribution in [2.24, 2.45) is 0 Å². The second kappa shape index (κ2) is 5.90. The Balaban J connectivity index is 2.39. The first-order valence-electron chi connectivity index (χ1n) is 5.20. The van der Waals surface area contributed by atoms with E-state index in [0.29, 0.717) is 0 Å². The lowest BCUT2D eigenvalue weighted by molar-refractivity contribution is -0.120. The van der Waals surface area contributed by atoms with Crippen molar-refractivity contribution in [1.29, 1.82) is 0 Å². The molecule has 0 fully saturated rings. The fraction of sp³-hybridized carbons (Fsp3) is 0.333. The van der Waals surface area contributed by atoms with Crippen LogP contribution in [0.15, 0.2) is 30.3 Å². The number of hydrogen-bond donors (Lipinski definition) is 2. The number of carbonyl (C=O) groups excluding carboxylic acids is 2. The molecule has 2 amide bonds. The smallest absolute Gasteiger partial charge is 0.226 e. The van der Waals surface area contributed by atoms with Crippen molar-refractivity contribution in [3.05, 3.63) is 30.3 Å². The summed E-state index contributed by atoms with van der Waals surface area (Å²) in [5.74, 6) is -0.229. The Hall–Kier alpha value is -1.84. The average molecular weight is 220 g/mol. The molecule has 1 aromatic carbocycles. The third kappa shape index (κ3) is 4.59. The maximum absolute atomic E-state index is 11.5. The van der Waals surface area contributed by atoms with Gasteiger partial charge >= 0.3 is 0 Å². The van der Waals surface area contributed by atoms with Crippen LogP contribution in [0.5, 0.6) is 0 Å². The molecule has 0 aliphatic heterocycles. The van der Waals surface area contributed by atoms with E-state index in [0.717, 1.165) is 5.69 Å². The molecule has 0 heterocycles. The van der Waals surface area contributed by atoms with Gasteiger partial charge in [-0.05, 0) is 19.1 Å². The number of para-hydroxylation sites is 1. The average Bonchev–Trinajstić information content (AvgIpc) is 2.17. The van der Waals surface area contributed by atoms with Gasteiger partial charge in [-0.1, -0.05) is 18.2 Å². The zero-order chi connectivity index (χ0) is 12.0. The number of benzene rings is 1. The molecule has 0 spiro atoms. The number of carbonyl (C=O) groups is 2. The highest BCUT2D eigenvalue weighted by Gasteiger charge is 2.09. The number of rotatable bonds is 4. The van der Waals surface area contributed by atoms with E-state index < -0.39 is 0 Å². The summed E-state index contributed by atoms with van der Waals surface area (Å²) in [4.78, 5) is 22.3. The number of hydrogen-bond acceptors (Lipinski definition) is 2. The molecule has 1 atom stereocenters. The third-order valence-electron chi connectivity index (χ3n) is 2.00. The van der Waals surface area contributed by atoms with E-state index in [1.165, 1.54) is 6.92 Å². The van der Waals surface area contributed by atoms with Gasteiger partial charge in [0.15, 0.2) is 0 Å². The lowest BCUT2D eigenvalue weighted by atomic mass is 10.2. The number of nitrogens with one attached hydrogen (secondary N) is 2. The second-order valence-electron chi connectivity index (χ2n) is 3.72. The van der Waals surface area contributed by atoms with Crippen LogP contribution in [0.25, 0.3) is 0 Å². The summed E-state index contributed by atoms with van der Waals surface area (Å²) in [6.45, 7) is 3.23. The molecule has 4 nitrogen and oxygen atoms in total. The molecule has 4 heteroatoms. The van der Waals surface area contributed by atoms with Crippen LogP contribution in [0, 0.1) is 0 Å². The minimum Gasteiger partial charge on any atom is -0.353 e. The highest BCUT2D eigenvalue weighted by molar-refractivity contribution is 5.91. The van der Waals surface area contributed by atoms with Crippen molar-refractivity contribution in [2.75, 3.05) is 5.32 Å². The van der Waals surface area contributed by atoms with Crippen molar-refractivity contribution in [3.8, 4) is 0 Å². The topological polar surface area (TPSA) is 58.2 Å². The maximum Gasteiger partial charge on any atom is 0.226 e. The molecule has 2 N–H and O–H groups in total. The van der Waals surface area contributed by atoms with Crippen LogP contribution in [0.3, 0.4) is 0 Å². The normalized spacial score (nSPS) is 11.6. The van der Waals surface area contributed by atoms with Crippen LogP contribution in [0.1, 0.15) is 20.3 Å². The van der Waals surface area contributed by atoms with Crippen molar-refractivity contribution < 1.29 is 9.59 Å². The van der Waals surface area contributed by atoms with Crippen molar-refractivity contribution in [1.82, 2.24) is 5.32 Å². The fourth-order valence-electron chi connectivity index (χ4n) is 1.41. The minimum atomic E-state index is -0.152. The van der Waals surface area contributed by atoms with Crippen LogP contribution < -0.4 is 10.6 Å². The summed E-state index contributed by atoms with van der Waals surface area (Å²) in [7, 11) is 0. The Morgan fingerprint density at radius 3 is 2.44 bits per heavy atom. The molecule has 0 saturated carbocycles. The molecule has 1 unspecified atom stereocenters. The zero-order valence-electron chi connectivity index (χ0n) is 9.49. The summed E-state index contributed by atoms with van der Waals surface area (Å²) in [5, 5.41) is 5.42. The first-order chi connectivity index (χ1) is 7.58. The highest BCUT2D eigenvalue weighted by Crippen LogP contribution is 2.05. The van der Waals surface area contributed by atoms with Gasteiger partial charge in [0, 0.05) is 25.1 Å². The Bertz CT molecular complexity index is 363. The Morgan fingerprint density at radius 2 is 1.88 bits per heavy atom. The van der Waals surface area contributed by atoms with Gasteiger partial charge in [-0.15, -0.1) is 0 Å². The summed E-state index contributed by atoms with van der Waals surface area (Å²) < 4.78 is 0. The van der Waals surface area contributed by atoms with Crippen LogP contribution >= 0.6 is 0 Å². The Labute approximate surface area is 95.0 Å². The molecule has 0 bridgehead atoms. The Morgan fingerprint density at radius 1 is 1.25 bits per heavy atom. The number of amides is 2.